The average Bonchev–Trinajstić information content (AvgIpc) is 3.63. The second kappa shape index (κ2) is 16.1. The van der Waals surface area contributed by atoms with Crippen molar-refractivity contribution >= 4 is 34.6 Å². The molecule has 0 aliphatic rings. The Morgan fingerprint density at radius 3 is 2.71 bits per heavy atom. The third kappa shape index (κ3) is 8.77. The maximum absolute atomic E-state index is 11.7. The van der Waals surface area contributed by atoms with Crippen LogP contribution in [0.2, 0.25) is 0 Å². The Morgan fingerprint density at radius 2 is 1.98 bits per heavy atom. The molecule has 1 atom stereocenters. The molecule has 2 N–H and O–H groups in total. The van der Waals surface area contributed by atoms with Crippen molar-refractivity contribution in [1.82, 2.24) is 25.4 Å². The predicted octanol–water partition coefficient (Wildman–Crippen LogP) is 7.04. The molecule has 0 saturated carbocycles. The third-order valence-corrected chi connectivity index (χ3v) is 9.00. The molecule has 1 aromatic carbocycles. The lowest BCUT2D eigenvalue weighted by molar-refractivity contribution is -0.143. The van der Waals surface area contributed by atoms with Gasteiger partial charge in [-0.2, -0.15) is 0 Å². The van der Waals surface area contributed by atoms with Crippen molar-refractivity contribution in [2.24, 2.45) is 5.41 Å². The minimum atomic E-state index is -0.298. The summed E-state index contributed by atoms with van der Waals surface area (Å²) in [6.45, 7) is 11.8. The lowest BCUT2D eigenvalue weighted by Gasteiger charge is -2.25. The fraction of sp³-hybridized carbons (Fsp3) is 0.486. The highest BCUT2D eigenvalue weighted by atomic mass is 32.1. The summed E-state index contributed by atoms with van der Waals surface area (Å²) < 4.78 is 13.6. The number of aromatic nitrogens is 3. The van der Waals surface area contributed by atoms with Gasteiger partial charge in [0, 0.05) is 66.1 Å². The summed E-state index contributed by atoms with van der Waals surface area (Å²) in [5.74, 6) is -0.270. The van der Waals surface area contributed by atoms with Gasteiger partial charge in [-0.15, -0.1) is 11.3 Å². The van der Waals surface area contributed by atoms with Crippen LogP contribution in [0, 0.1) is 5.41 Å². The van der Waals surface area contributed by atoms with Gasteiger partial charge in [0.15, 0.2) is 0 Å². The van der Waals surface area contributed by atoms with Gasteiger partial charge in [0.2, 0.25) is 6.41 Å². The zero-order valence-corrected chi connectivity index (χ0v) is 28.3. The number of methoxy groups -OCH3 is 1. The van der Waals surface area contributed by atoms with Crippen LogP contribution in [0.3, 0.4) is 0 Å². The van der Waals surface area contributed by atoms with E-state index < -0.39 is 0 Å². The molecule has 0 spiro atoms. The van der Waals surface area contributed by atoms with Gasteiger partial charge in [0.05, 0.1) is 34.8 Å². The molecule has 45 heavy (non-hydrogen) atoms. The largest absolute Gasteiger partial charge is 0.465 e. The fourth-order valence-electron chi connectivity index (χ4n) is 5.79. The lowest BCUT2D eigenvalue weighted by Crippen LogP contribution is -2.30. The number of fused-ring (bicyclic) bond motifs is 1. The third-order valence-electron chi connectivity index (χ3n) is 8.09. The number of nitrogens with one attached hydrogen (secondary N) is 2. The zero-order chi connectivity index (χ0) is 32.4. The van der Waals surface area contributed by atoms with Crippen LogP contribution in [0.5, 0.6) is 0 Å². The average molecular weight is 634 g/mol. The van der Waals surface area contributed by atoms with E-state index in [0.717, 1.165) is 83.9 Å². The van der Waals surface area contributed by atoms with E-state index in [9.17, 15) is 9.59 Å². The molecule has 3 aromatic heterocycles. The number of carbonyl (C=O) groups is 2. The van der Waals surface area contributed by atoms with Crippen molar-refractivity contribution in [1.29, 1.82) is 0 Å². The van der Waals surface area contributed by atoms with Crippen LogP contribution < -0.4 is 10.9 Å². The summed E-state index contributed by atoms with van der Waals surface area (Å²) in [5, 5.41) is 4.48. The summed E-state index contributed by atoms with van der Waals surface area (Å²) in [6.07, 6.45) is 8.31. The minimum absolute atomic E-state index is 0.174. The van der Waals surface area contributed by atoms with Gasteiger partial charge in [-0.05, 0) is 69.4 Å². The summed E-state index contributed by atoms with van der Waals surface area (Å²) in [5.41, 5.74) is 12.6. The Hall–Kier alpha value is -3.60. The van der Waals surface area contributed by atoms with Crippen LogP contribution in [-0.2, 0) is 38.4 Å². The summed E-state index contributed by atoms with van der Waals surface area (Å²) in [7, 11) is 1.71. The van der Waals surface area contributed by atoms with Crippen molar-refractivity contribution in [3.05, 3.63) is 58.2 Å². The first kappa shape index (κ1) is 34.3. The van der Waals surface area contributed by atoms with Crippen LogP contribution in [0.15, 0.2) is 41.9 Å². The number of ether oxygens (including phenoxy) is 2. The van der Waals surface area contributed by atoms with Crippen molar-refractivity contribution in [2.75, 3.05) is 20.3 Å². The monoisotopic (exact) mass is 633 g/mol. The number of hydrazine groups is 1. The predicted molar refractivity (Wildman–Crippen MR) is 181 cm³/mol. The number of hydrogen-bond donors (Lipinski definition) is 2. The number of unbranched alkanes of at least 4 members (excludes halogenated alkanes) is 3. The molecule has 0 bridgehead atoms. The molecule has 9 nitrogen and oxygen atoms in total. The molecule has 1 unspecified atom stereocenters. The van der Waals surface area contributed by atoms with Gasteiger partial charge >= 0.3 is 5.97 Å². The molecular formula is C35H47N5O4S. The molecule has 1 amide bonds. The number of hydrogen-bond acceptors (Lipinski definition) is 8. The second-order valence-electron chi connectivity index (χ2n) is 12.2. The highest BCUT2D eigenvalue weighted by Crippen LogP contribution is 2.41. The number of thiazole rings is 1. The van der Waals surface area contributed by atoms with Crippen molar-refractivity contribution in [3.63, 3.8) is 0 Å². The molecule has 0 aliphatic heterocycles. The highest BCUT2D eigenvalue weighted by Gasteiger charge is 2.29. The first-order chi connectivity index (χ1) is 21.7. The van der Waals surface area contributed by atoms with Gasteiger partial charge < -0.3 is 14.0 Å². The van der Waals surface area contributed by atoms with E-state index in [4.69, 9.17) is 19.4 Å². The van der Waals surface area contributed by atoms with Crippen molar-refractivity contribution in [2.45, 2.75) is 85.8 Å². The quantitative estimate of drug-likeness (QED) is 0.0524. The van der Waals surface area contributed by atoms with Gasteiger partial charge in [0.1, 0.15) is 0 Å². The van der Waals surface area contributed by atoms with Gasteiger partial charge in [-0.3, -0.25) is 20.0 Å². The van der Waals surface area contributed by atoms with Crippen molar-refractivity contribution < 1.29 is 19.1 Å². The highest BCUT2D eigenvalue weighted by molar-refractivity contribution is 7.09. The van der Waals surface area contributed by atoms with Crippen LogP contribution >= 0.6 is 11.3 Å². The van der Waals surface area contributed by atoms with E-state index >= 15 is 0 Å². The number of pyridine rings is 1. The van der Waals surface area contributed by atoms with Gasteiger partial charge in [-0.25, -0.2) is 10.4 Å². The first-order valence-corrected chi connectivity index (χ1v) is 16.7. The Morgan fingerprint density at radius 1 is 1.18 bits per heavy atom. The number of esters is 1. The summed E-state index contributed by atoms with van der Waals surface area (Å²) >= 11 is 1.72. The maximum Gasteiger partial charge on any atom is 0.302 e. The van der Waals surface area contributed by atoms with E-state index in [2.05, 4.69) is 65.8 Å². The number of aryl methyl sites for hydroxylation is 2. The normalized spacial score (nSPS) is 12.4. The topological polar surface area (TPSA) is 107 Å². The first-order valence-electron chi connectivity index (χ1n) is 15.8. The Kier molecular flexibility index (Phi) is 12.3. The zero-order valence-electron chi connectivity index (χ0n) is 27.4. The smallest absolute Gasteiger partial charge is 0.302 e. The molecule has 3 heterocycles. The van der Waals surface area contributed by atoms with Crippen LogP contribution in [-0.4, -0.2) is 47.2 Å². The maximum atomic E-state index is 11.7. The SMILES string of the molecule is CCn1c(-c2cccnc2C(C)OC)c(CC(C)(C)COC(C)=O)c2cc(-c3csc(CCCCCCNNC=O)n3)ccc21. The fourth-order valence-corrected chi connectivity index (χ4v) is 6.64. The van der Waals surface area contributed by atoms with E-state index in [1.165, 1.54) is 17.9 Å². The Balaban J connectivity index is 1.70. The molecule has 10 heteroatoms. The standard InChI is InChI=1S/C35H47N5O4S/c1-7-40-31-16-15-26(30-21-45-32(39-30)14-10-8-9-11-18-37-38-23-41)19-28(31)29(20-35(4,5)22-44-25(3)42)34(40)27-13-12-17-36-33(27)24(2)43-6/h12-13,15-17,19,21,23-24,37H,7-11,14,18,20,22H2,1-6H3,(H,38,41). The molecule has 242 valence electrons. The minimum Gasteiger partial charge on any atom is -0.465 e. The van der Waals surface area contributed by atoms with E-state index in [1.807, 2.05) is 19.2 Å². The molecule has 4 aromatic rings. The molecule has 0 aliphatic carbocycles. The second-order valence-corrected chi connectivity index (χ2v) is 13.2. The summed E-state index contributed by atoms with van der Waals surface area (Å²) in [4.78, 5) is 31.8. The molecule has 0 saturated heterocycles. The molecular weight excluding hydrogens is 586 g/mol. The van der Waals surface area contributed by atoms with Crippen LogP contribution in [0.4, 0.5) is 0 Å². The number of benzene rings is 1. The van der Waals surface area contributed by atoms with E-state index in [1.54, 1.807) is 18.4 Å². The van der Waals surface area contributed by atoms with Crippen molar-refractivity contribution in [3.8, 4) is 22.5 Å². The number of carbonyl (C=O) groups excluding carboxylic acids is 2. The van der Waals surface area contributed by atoms with Crippen LogP contribution in [0.1, 0.15) is 82.7 Å². The number of rotatable bonds is 18. The molecule has 4 rings (SSSR count). The van der Waals surface area contributed by atoms with Gasteiger partial charge in [0.25, 0.3) is 0 Å². The lowest BCUT2D eigenvalue weighted by atomic mass is 9.84. The summed E-state index contributed by atoms with van der Waals surface area (Å²) in [6, 6.07) is 10.8. The molecule has 0 radical (unpaired) electrons. The number of nitrogens with zero attached hydrogens (tertiary/aromatic N) is 3. The van der Waals surface area contributed by atoms with Gasteiger partial charge in [-0.1, -0.05) is 32.8 Å². The Bertz CT molecular complexity index is 1580. The Labute approximate surface area is 270 Å². The van der Waals surface area contributed by atoms with E-state index in [0.29, 0.717) is 19.4 Å². The van der Waals surface area contributed by atoms with Crippen LogP contribution in [0.25, 0.3) is 33.4 Å². The van der Waals surface area contributed by atoms with E-state index in [-0.39, 0.29) is 17.5 Å². The molecule has 0 fully saturated rings. The number of amides is 1.